The molecule has 0 radical (unpaired) electrons. The Morgan fingerprint density at radius 1 is 1.28 bits per heavy atom. The lowest BCUT2D eigenvalue weighted by Gasteiger charge is -2.42. The van der Waals surface area contributed by atoms with Gasteiger partial charge in [0.15, 0.2) is 0 Å². The Balaban J connectivity index is 2.77. The minimum absolute atomic E-state index is 0.244. The Labute approximate surface area is 109 Å². The predicted molar refractivity (Wildman–Crippen MR) is 74.0 cm³/mol. The van der Waals surface area contributed by atoms with E-state index >= 15 is 0 Å². The summed E-state index contributed by atoms with van der Waals surface area (Å²) in [5.41, 5.74) is 0.589. The Bertz CT molecular complexity index is 325. The Kier molecular flexibility index (Phi) is 5.76. The number of allylic oxidation sites excluding steroid dienone is 2. The third kappa shape index (κ3) is 3.53. The monoisotopic (exact) mass is 253 g/mol. The molecule has 0 amide bonds. The van der Waals surface area contributed by atoms with Gasteiger partial charge in [-0.05, 0) is 38.7 Å². The average molecular weight is 253 g/mol. The van der Waals surface area contributed by atoms with Crippen LogP contribution >= 0.6 is 0 Å². The first kappa shape index (κ1) is 15.1. The molecule has 0 saturated carbocycles. The number of halogens is 1. The maximum absolute atomic E-state index is 13.6. The zero-order valence-electron chi connectivity index (χ0n) is 11.4. The standard InChI is InChI=1S/C15H24FNO/c1-5-14(15(16)6-2)9-17-11(3)7-13(10-18)8-12(17)4/h5-6,11-13,18H,1-2,7-10H2,3-4H3/b15-14-. The summed E-state index contributed by atoms with van der Waals surface area (Å²) in [4.78, 5) is 2.27. The van der Waals surface area contributed by atoms with Crippen molar-refractivity contribution in [2.24, 2.45) is 5.92 Å². The molecule has 0 aromatic rings. The van der Waals surface area contributed by atoms with Gasteiger partial charge in [0.25, 0.3) is 0 Å². The van der Waals surface area contributed by atoms with Gasteiger partial charge in [-0.3, -0.25) is 4.90 Å². The van der Waals surface area contributed by atoms with Crippen molar-refractivity contribution < 1.29 is 9.50 Å². The topological polar surface area (TPSA) is 23.5 Å². The SMILES string of the molecule is C=C/C(F)=C(\C=C)CN1C(C)CC(CO)CC1C. The van der Waals surface area contributed by atoms with Crippen LogP contribution in [0.1, 0.15) is 26.7 Å². The van der Waals surface area contributed by atoms with E-state index in [1.165, 1.54) is 6.08 Å². The quantitative estimate of drug-likeness (QED) is 0.761. The molecule has 1 aliphatic rings. The van der Waals surface area contributed by atoms with Crippen LogP contribution in [0.25, 0.3) is 0 Å². The highest BCUT2D eigenvalue weighted by atomic mass is 19.1. The van der Waals surface area contributed by atoms with Gasteiger partial charge >= 0.3 is 0 Å². The Hall–Kier alpha value is -0.930. The number of piperidine rings is 1. The Morgan fingerprint density at radius 2 is 1.83 bits per heavy atom. The highest BCUT2D eigenvalue weighted by Gasteiger charge is 2.30. The van der Waals surface area contributed by atoms with E-state index in [1.54, 1.807) is 6.08 Å². The molecule has 1 rings (SSSR count). The van der Waals surface area contributed by atoms with Gasteiger partial charge < -0.3 is 5.11 Å². The van der Waals surface area contributed by atoms with Crippen LogP contribution in [0.15, 0.2) is 36.7 Å². The summed E-state index contributed by atoms with van der Waals surface area (Å²) in [7, 11) is 0. The molecule has 1 saturated heterocycles. The summed E-state index contributed by atoms with van der Waals surface area (Å²) in [6.45, 7) is 12.2. The molecule has 102 valence electrons. The molecule has 1 aliphatic heterocycles. The fourth-order valence-electron chi connectivity index (χ4n) is 2.79. The molecule has 3 heteroatoms. The summed E-state index contributed by atoms with van der Waals surface area (Å²) < 4.78 is 13.6. The second kappa shape index (κ2) is 6.86. The molecule has 0 spiro atoms. The van der Waals surface area contributed by atoms with Crippen molar-refractivity contribution in [3.8, 4) is 0 Å². The van der Waals surface area contributed by atoms with Crippen molar-refractivity contribution >= 4 is 0 Å². The summed E-state index contributed by atoms with van der Waals surface area (Å²) in [6.07, 6.45) is 4.71. The van der Waals surface area contributed by atoms with Crippen LogP contribution < -0.4 is 0 Å². The highest BCUT2D eigenvalue weighted by Crippen LogP contribution is 2.28. The van der Waals surface area contributed by atoms with Gasteiger partial charge in [-0.1, -0.05) is 19.2 Å². The number of likely N-dealkylation sites (tertiary alicyclic amines) is 1. The number of hydrogen-bond acceptors (Lipinski definition) is 2. The van der Waals surface area contributed by atoms with Crippen molar-refractivity contribution in [1.29, 1.82) is 0 Å². The van der Waals surface area contributed by atoms with Crippen molar-refractivity contribution in [3.05, 3.63) is 36.7 Å². The Morgan fingerprint density at radius 3 is 2.22 bits per heavy atom. The molecule has 1 fully saturated rings. The van der Waals surface area contributed by atoms with Crippen LogP contribution in [0.3, 0.4) is 0 Å². The molecule has 2 unspecified atom stereocenters. The fourth-order valence-corrected chi connectivity index (χ4v) is 2.79. The second-order valence-corrected chi connectivity index (χ2v) is 5.17. The van der Waals surface area contributed by atoms with E-state index in [9.17, 15) is 9.50 Å². The largest absolute Gasteiger partial charge is 0.396 e. The molecular weight excluding hydrogens is 229 g/mol. The number of rotatable bonds is 5. The number of aliphatic hydroxyl groups is 1. The van der Waals surface area contributed by atoms with E-state index in [2.05, 4.69) is 31.9 Å². The zero-order chi connectivity index (χ0) is 13.7. The molecule has 0 bridgehead atoms. The van der Waals surface area contributed by atoms with Crippen LogP contribution in [0.4, 0.5) is 4.39 Å². The third-order valence-electron chi connectivity index (χ3n) is 3.82. The predicted octanol–water partition coefficient (Wildman–Crippen LogP) is 3.06. The van der Waals surface area contributed by atoms with Gasteiger partial charge in [0.1, 0.15) is 5.83 Å². The van der Waals surface area contributed by atoms with Crippen LogP contribution in [0.2, 0.25) is 0 Å². The maximum Gasteiger partial charge on any atom is 0.127 e. The maximum atomic E-state index is 13.6. The van der Waals surface area contributed by atoms with Crippen LogP contribution in [-0.2, 0) is 0 Å². The first-order chi connectivity index (χ1) is 8.53. The normalized spacial score (nSPS) is 30.8. The van der Waals surface area contributed by atoms with E-state index in [1.807, 2.05) is 0 Å². The van der Waals surface area contributed by atoms with Gasteiger partial charge in [0.05, 0.1) is 0 Å². The highest BCUT2D eigenvalue weighted by molar-refractivity contribution is 5.28. The van der Waals surface area contributed by atoms with E-state index < -0.39 is 0 Å². The zero-order valence-corrected chi connectivity index (χ0v) is 11.4. The van der Waals surface area contributed by atoms with Gasteiger partial charge in [-0.25, -0.2) is 4.39 Å². The van der Waals surface area contributed by atoms with E-state index in [0.29, 0.717) is 30.1 Å². The first-order valence-electron chi connectivity index (χ1n) is 6.53. The molecule has 1 heterocycles. The number of aliphatic hydroxyl groups excluding tert-OH is 1. The van der Waals surface area contributed by atoms with E-state index in [4.69, 9.17) is 0 Å². The molecule has 2 nitrogen and oxygen atoms in total. The van der Waals surface area contributed by atoms with Gasteiger partial charge in [0, 0.05) is 30.8 Å². The molecule has 18 heavy (non-hydrogen) atoms. The van der Waals surface area contributed by atoms with Gasteiger partial charge in [-0.2, -0.15) is 0 Å². The van der Waals surface area contributed by atoms with Crippen molar-refractivity contribution in [2.45, 2.75) is 38.8 Å². The molecule has 0 aliphatic carbocycles. The minimum Gasteiger partial charge on any atom is -0.396 e. The lowest BCUT2D eigenvalue weighted by Crippen LogP contribution is -2.48. The van der Waals surface area contributed by atoms with Crippen LogP contribution in [0, 0.1) is 5.92 Å². The van der Waals surface area contributed by atoms with Gasteiger partial charge in [0.2, 0.25) is 0 Å². The summed E-state index contributed by atoms with van der Waals surface area (Å²) in [6, 6.07) is 0.692. The summed E-state index contributed by atoms with van der Waals surface area (Å²) >= 11 is 0. The smallest absolute Gasteiger partial charge is 0.127 e. The second-order valence-electron chi connectivity index (χ2n) is 5.17. The molecule has 2 atom stereocenters. The van der Waals surface area contributed by atoms with Crippen LogP contribution in [0.5, 0.6) is 0 Å². The molecular formula is C15H24FNO. The first-order valence-corrected chi connectivity index (χ1v) is 6.53. The lowest BCUT2D eigenvalue weighted by molar-refractivity contribution is 0.0546. The number of hydrogen-bond donors (Lipinski definition) is 1. The molecule has 0 aromatic heterocycles. The van der Waals surface area contributed by atoms with Crippen molar-refractivity contribution in [1.82, 2.24) is 4.90 Å². The average Bonchev–Trinajstić information content (AvgIpc) is 2.37. The molecule has 1 N–H and O–H groups in total. The minimum atomic E-state index is -0.298. The van der Waals surface area contributed by atoms with Crippen LogP contribution in [-0.4, -0.2) is 35.2 Å². The fraction of sp³-hybridized carbons (Fsp3) is 0.600. The third-order valence-corrected chi connectivity index (χ3v) is 3.82. The number of nitrogens with zero attached hydrogens (tertiary/aromatic N) is 1. The summed E-state index contributed by atoms with van der Waals surface area (Å²) in [5.74, 6) is 0.0698. The van der Waals surface area contributed by atoms with E-state index in [0.717, 1.165) is 12.8 Å². The molecule has 0 aromatic carbocycles. The van der Waals surface area contributed by atoms with Crippen molar-refractivity contribution in [2.75, 3.05) is 13.2 Å². The van der Waals surface area contributed by atoms with Crippen molar-refractivity contribution in [3.63, 3.8) is 0 Å². The summed E-state index contributed by atoms with van der Waals surface area (Å²) in [5, 5.41) is 9.25. The van der Waals surface area contributed by atoms with E-state index in [-0.39, 0.29) is 12.4 Å². The van der Waals surface area contributed by atoms with Gasteiger partial charge in [-0.15, -0.1) is 0 Å². The lowest BCUT2D eigenvalue weighted by atomic mass is 9.87.